The van der Waals surface area contributed by atoms with Crippen molar-refractivity contribution in [3.8, 4) is 0 Å². The standard InChI is InChI=1S/C15H21N5/c1-3-13-14(18-10-19-15(13)20-16)17-8-7-12-6-4-5-11(2)9-12/h4-6,9-10H,3,7-8,16H2,1-2H3,(H2,17,18,19,20). The third-order valence-electron chi connectivity index (χ3n) is 3.22. The van der Waals surface area contributed by atoms with Crippen LogP contribution in [0.2, 0.25) is 0 Å². The maximum atomic E-state index is 5.46. The number of nitrogens with one attached hydrogen (secondary N) is 2. The van der Waals surface area contributed by atoms with Crippen molar-refractivity contribution < 1.29 is 0 Å². The molecule has 0 saturated carbocycles. The Hall–Kier alpha value is -2.14. The van der Waals surface area contributed by atoms with E-state index in [0.717, 1.165) is 30.8 Å². The largest absolute Gasteiger partial charge is 0.369 e. The lowest BCUT2D eigenvalue weighted by Gasteiger charge is -2.12. The van der Waals surface area contributed by atoms with E-state index in [-0.39, 0.29) is 0 Å². The monoisotopic (exact) mass is 271 g/mol. The number of hydrazine groups is 1. The van der Waals surface area contributed by atoms with Crippen LogP contribution < -0.4 is 16.6 Å². The predicted octanol–water partition coefficient (Wildman–Crippen LogP) is 2.29. The van der Waals surface area contributed by atoms with Crippen LogP contribution in [0.25, 0.3) is 0 Å². The Balaban J connectivity index is 2.01. The summed E-state index contributed by atoms with van der Waals surface area (Å²) >= 11 is 0. The van der Waals surface area contributed by atoms with Crippen molar-refractivity contribution in [2.75, 3.05) is 17.3 Å². The molecule has 5 heteroatoms. The molecular weight excluding hydrogens is 250 g/mol. The van der Waals surface area contributed by atoms with Crippen molar-refractivity contribution in [3.05, 3.63) is 47.3 Å². The summed E-state index contributed by atoms with van der Waals surface area (Å²) in [6, 6.07) is 8.54. The van der Waals surface area contributed by atoms with Gasteiger partial charge in [-0.05, 0) is 25.3 Å². The first kappa shape index (κ1) is 14.3. The molecule has 0 radical (unpaired) electrons. The third-order valence-corrected chi connectivity index (χ3v) is 3.22. The zero-order valence-electron chi connectivity index (χ0n) is 12.0. The second kappa shape index (κ2) is 6.86. The molecule has 0 bridgehead atoms. The molecule has 0 saturated heterocycles. The molecule has 4 N–H and O–H groups in total. The van der Waals surface area contributed by atoms with Gasteiger partial charge in [-0.25, -0.2) is 15.8 Å². The van der Waals surface area contributed by atoms with E-state index in [0.29, 0.717) is 5.82 Å². The molecule has 0 unspecified atom stereocenters. The van der Waals surface area contributed by atoms with Gasteiger partial charge < -0.3 is 10.7 Å². The number of aryl methyl sites for hydroxylation is 1. The van der Waals surface area contributed by atoms with Gasteiger partial charge in [0.1, 0.15) is 18.0 Å². The Morgan fingerprint density at radius 1 is 1.20 bits per heavy atom. The summed E-state index contributed by atoms with van der Waals surface area (Å²) in [4.78, 5) is 8.41. The van der Waals surface area contributed by atoms with Crippen molar-refractivity contribution in [1.82, 2.24) is 9.97 Å². The quantitative estimate of drug-likeness (QED) is 0.555. The molecule has 106 valence electrons. The average molecular weight is 271 g/mol. The van der Waals surface area contributed by atoms with Crippen LogP contribution >= 0.6 is 0 Å². The molecule has 1 aromatic carbocycles. The summed E-state index contributed by atoms with van der Waals surface area (Å²) in [7, 11) is 0. The van der Waals surface area contributed by atoms with Gasteiger partial charge in [0.05, 0.1) is 0 Å². The van der Waals surface area contributed by atoms with E-state index >= 15 is 0 Å². The summed E-state index contributed by atoms with van der Waals surface area (Å²) < 4.78 is 0. The van der Waals surface area contributed by atoms with E-state index in [4.69, 9.17) is 5.84 Å². The lowest BCUT2D eigenvalue weighted by Crippen LogP contribution is -2.15. The molecular formula is C15H21N5. The first-order chi connectivity index (χ1) is 9.74. The second-order valence-electron chi connectivity index (χ2n) is 4.71. The molecule has 1 aromatic heterocycles. The Morgan fingerprint density at radius 3 is 2.70 bits per heavy atom. The summed E-state index contributed by atoms with van der Waals surface area (Å²) in [5, 5.41) is 3.36. The van der Waals surface area contributed by atoms with Gasteiger partial charge >= 0.3 is 0 Å². The van der Waals surface area contributed by atoms with E-state index in [1.807, 2.05) is 0 Å². The molecule has 2 rings (SSSR count). The van der Waals surface area contributed by atoms with Crippen LogP contribution in [0.5, 0.6) is 0 Å². The molecule has 0 aliphatic carbocycles. The number of hydrogen-bond acceptors (Lipinski definition) is 5. The molecule has 5 nitrogen and oxygen atoms in total. The van der Waals surface area contributed by atoms with Crippen LogP contribution in [0.4, 0.5) is 11.6 Å². The summed E-state index contributed by atoms with van der Waals surface area (Å²) in [6.45, 7) is 5.00. The summed E-state index contributed by atoms with van der Waals surface area (Å²) in [6.07, 6.45) is 3.30. The van der Waals surface area contributed by atoms with Gasteiger partial charge in [-0.15, -0.1) is 0 Å². The van der Waals surface area contributed by atoms with E-state index in [2.05, 4.69) is 58.8 Å². The molecule has 0 aliphatic rings. The van der Waals surface area contributed by atoms with Crippen molar-refractivity contribution in [2.45, 2.75) is 26.7 Å². The topological polar surface area (TPSA) is 75.9 Å². The number of hydrogen-bond donors (Lipinski definition) is 3. The van der Waals surface area contributed by atoms with Crippen LogP contribution in [-0.2, 0) is 12.8 Å². The van der Waals surface area contributed by atoms with Crippen molar-refractivity contribution >= 4 is 11.6 Å². The fourth-order valence-corrected chi connectivity index (χ4v) is 2.22. The van der Waals surface area contributed by atoms with E-state index in [1.165, 1.54) is 17.5 Å². The third kappa shape index (κ3) is 3.45. The van der Waals surface area contributed by atoms with Crippen LogP contribution in [0.1, 0.15) is 23.6 Å². The fourth-order valence-electron chi connectivity index (χ4n) is 2.22. The van der Waals surface area contributed by atoms with Crippen LogP contribution in [-0.4, -0.2) is 16.5 Å². The highest BCUT2D eigenvalue weighted by molar-refractivity contribution is 5.56. The highest BCUT2D eigenvalue weighted by Crippen LogP contribution is 2.19. The van der Waals surface area contributed by atoms with Crippen molar-refractivity contribution in [1.29, 1.82) is 0 Å². The smallest absolute Gasteiger partial charge is 0.148 e. The molecule has 20 heavy (non-hydrogen) atoms. The normalized spacial score (nSPS) is 10.3. The summed E-state index contributed by atoms with van der Waals surface area (Å²) in [5.74, 6) is 6.99. The molecule has 0 fully saturated rings. The van der Waals surface area contributed by atoms with E-state index in [1.54, 1.807) is 0 Å². The molecule has 0 aliphatic heterocycles. The van der Waals surface area contributed by atoms with Gasteiger partial charge in [0, 0.05) is 12.1 Å². The Morgan fingerprint density at radius 2 is 2.00 bits per heavy atom. The second-order valence-corrected chi connectivity index (χ2v) is 4.71. The van der Waals surface area contributed by atoms with Gasteiger partial charge in [-0.2, -0.15) is 0 Å². The number of nitrogen functional groups attached to an aromatic ring is 1. The maximum Gasteiger partial charge on any atom is 0.148 e. The highest BCUT2D eigenvalue weighted by Gasteiger charge is 2.08. The molecule has 1 heterocycles. The zero-order chi connectivity index (χ0) is 14.4. The lowest BCUT2D eigenvalue weighted by atomic mass is 10.1. The number of aromatic nitrogens is 2. The zero-order valence-corrected chi connectivity index (χ0v) is 12.0. The number of nitrogens with zero attached hydrogens (tertiary/aromatic N) is 2. The molecule has 0 amide bonds. The fraction of sp³-hybridized carbons (Fsp3) is 0.333. The maximum absolute atomic E-state index is 5.46. The lowest BCUT2D eigenvalue weighted by molar-refractivity contribution is 0.970. The Labute approximate surface area is 119 Å². The van der Waals surface area contributed by atoms with E-state index < -0.39 is 0 Å². The number of rotatable bonds is 6. The van der Waals surface area contributed by atoms with Gasteiger partial charge in [0.25, 0.3) is 0 Å². The Kier molecular flexibility index (Phi) is 4.90. The van der Waals surface area contributed by atoms with Crippen LogP contribution in [0.15, 0.2) is 30.6 Å². The number of benzene rings is 1. The highest BCUT2D eigenvalue weighted by atomic mass is 15.3. The van der Waals surface area contributed by atoms with Gasteiger partial charge in [0.2, 0.25) is 0 Å². The van der Waals surface area contributed by atoms with Gasteiger partial charge in [0.15, 0.2) is 0 Å². The number of anilines is 2. The minimum Gasteiger partial charge on any atom is -0.369 e. The minimum absolute atomic E-state index is 0.681. The molecule has 0 spiro atoms. The van der Waals surface area contributed by atoms with Crippen molar-refractivity contribution in [3.63, 3.8) is 0 Å². The van der Waals surface area contributed by atoms with Gasteiger partial charge in [-0.1, -0.05) is 36.8 Å². The SMILES string of the molecule is CCc1c(NN)ncnc1NCCc1cccc(C)c1. The minimum atomic E-state index is 0.681. The summed E-state index contributed by atoms with van der Waals surface area (Å²) in [5.41, 5.74) is 6.23. The van der Waals surface area contributed by atoms with Crippen LogP contribution in [0.3, 0.4) is 0 Å². The predicted molar refractivity (Wildman–Crippen MR) is 82.6 cm³/mol. The van der Waals surface area contributed by atoms with Crippen LogP contribution in [0, 0.1) is 6.92 Å². The van der Waals surface area contributed by atoms with Crippen molar-refractivity contribution in [2.24, 2.45) is 5.84 Å². The number of nitrogens with two attached hydrogens (primary N) is 1. The first-order valence-corrected chi connectivity index (χ1v) is 6.84. The van der Waals surface area contributed by atoms with E-state index in [9.17, 15) is 0 Å². The molecule has 2 aromatic rings. The van der Waals surface area contributed by atoms with Gasteiger partial charge in [-0.3, -0.25) is 0 Å². The average Bonchev–Trinajstić information content (AvgIpc) is 2.47. The Bertz CT molecular complexity index is 568. The molecule has 0 atom stereocenters. The first-order valence-electron chi connectivity index (χ1n) is 6.84.